The van der Waals surface area contributed by atoms with Gasteiger partial charge in [0.15, 0.2) is 0 Å². The van der Waals surface area contributed by atoms with Crippen LogP contribution in [0, 0.1) is 0 Å². The number of nitrogens with zero attached hydrogens (tertiary/aromatic N) is 8. The molecular formula is C46H46N10O4. The normalized spacial score (nSPS) is 16.8. The van der Waals surface area contributed by atoms with Gasteiger partial charge in [-0.1, -0.05) is 108 Å². The van der Waals surface area contributed by atoms with Crippen molar-refractivity contribution in [3.8, 4) is 0 Å². The lowest BCUT2D eigenvalue weighted by Crippen LogP contribution is -2.34. The number of carbonyl (C=O) groups is 4. The van der Waals surface area contributed by atoms with Gasteiger partial charge in [0.05, 0.1) is 25.5 Å². The minimum absolute atomic E-state index is 0.109. The lowest BCUT2D eigenvalue weighted by atomic mass is 10.0. The van der Waals surface area contributed by atoms with Crippen LogP contribution in [0.25, 0.3) is 0 Å². The van der Waals surface area contributed by atoms with E-state index >= 15 is 0 Å². The second-order valence-electron chi connectivity index (χ2n) is 14.6. The van der Waals surface area contributed by atoms with Gasteiger partial charge in [-0.15, -0.1) is 23.4 Å². The molecule has 6 aromatic rings. The number of hydrogen-bond acceptors (Lipinski definition) is 8. The molecule has 14 nitrogen and oxygen atoms in total. The Hall–Kier alpha value is -7.48. The zero-order valence-corrected chi connectivity index (χ0v) is 33.1. The monoisotopic (exact) mass is 802 g/mol. The average Bonchev–Trinajstić information content (AvgIpc) is 3.95. The molecule has 6 heterocycles. The van der Waals surface area contributed by atoms with Crippen molar-refractivity contribution in [2.75, 3.05) is 13.1 Å². The van der Waals surface area contributed by atoms with E-state index in [0.29, 0.717) is 35.4 Å². The number of carbonyl (C=O) groups excluding carboxylic acids is 4. The molecule has 0 saturated carbocycles. The fourth-order valence-corrected chi connectivity index (χ4v) is 7.01. The maximum atomic E-state index is 13.9. The molecule has 0 fully saturated rings. The standard InChI is InChI=1S/C46H46N10O4/c1-3-23-53-29-39-31-55(51-49-39)41(25-33-11-7-5-8-12-33)43(57)47-27-35-15-17-36(18-16-35)28-48-44(58)42(26-34-13-9-6-10-14-34)56-32-40(50-52-56)30-54(24-4-2)46(60)38-21-19-37(20-22-38)45(53)59/h3-22,31-32,41-42H,1-2,23-30H2,(H,47,57)(H,48,58)/t41-,42-/m0/s1. The summed E-state index contributed by atoms with van der Waals surface area (Å²) in [6, 6.07) is 32.0. The Morgan fingerprint density at radius 3 is 1.30 bits per heavy atom. The molecule has 4 aromatic carbocycles. The van der Waals surface area contributed by atoms with E-state index < -0.39 is 12.1 Å². The molecule has 0 radical (unpaired) electrons. The summed E-state index contributed by atoms with van der Waals surface area (Å²) in [6.45, 7) is 8.89. The van der Waals surface area contributed by atoms with E-state index in [9.17, 15) is 19.2 Å². The van der Waals surface area contributed by atoms with Gasteiger partial charge in [0.1, 0.15) is 23.5 Å². The van der Waals surface area contributed by atoms with Crippen LogP contribution in [0.3, 0.4) is 0 Å². The Morgan fingerprint density at radius 2 is 0.933 bits per heavy atom. The molecule has 8 bridgehead atoms. The summed E-state index contributed by atoms with van der Waals surface area (Å²) in [5.41, 5.74) is 5.34. The smallest absolute Gasteiger partial charge is 0.254 e. The minimum Gasteiger partial charge on any atom is -0.350 e. The van der Waals surface area contributed by atoms with Crippen molar-refractivity contribution in [2.45, 2.75) is 51.1 Å². The predicted molar refractivity (Wildman–Crippen MR) is 225 cm³/mol. The summed E-state index contributed by atoms with van der Waals surface area (Å²) in [4.78, 5) is 58.6. The van der Waals surface area contributed by atoms with Crippen LogP contribution in [-0.2, 0) is 48.6 Å². The van der Waals surface area contributed by atoms with Crippen LogP contribution in [0.2, 0.25) is 0 Å². The first-order valence-corrected chi connectivity index (χ1v) is 19.7. The molecule has 304 valence electrons. The number of hydrogen-bond donors (Lipinski definition) is 2. The molecule has 10 rings (SSSR count). The highest BCUT2D eigenvalue weighted by Gasteiger charge is 2.26. The first-order chi connectivity index (χ1) is 29.3. The van der Waals surface area contributed by atoms with Crippen molar-refractivity contribution in [3.05, 3.63) is 192 Å². The van der Waals surface area contributed by atoms with Crippen molar-refractivity contribution >= 4 is 23.6 Å². The van der Waals surface area contributed by atoms with Crippen molar-refractivity contribution in [1.29, 1.82) is 0 Å². The largest absolute Gasteiger partial charge is 0.350 e. The van der Waals surface area contributed by atoms with Crippen LogP contribution in [0.5, 0.6) is 0 Å². The van der Waals surface area contributed by atoms with Gasteiger partial charge in [-0.25, -0.2) is 9.36 Å². The number of amides is 4. The van der Waals surface area contributed by atoms with Gasteiger partial charge >= 0.3 is 0 Å². The van der Waals surface area contributed by atoms with Gasteiger partial charge in [-0.3, -0.25) is 19.2 Å². The minimum atomic E-state index is -0.728. The fourth-order valence-electron chi connectivity index (χ4n) is 7.01. The zero-order chi connectivity index (χ0) is 41.8. The summed E-state index contributed by atoms with van der Waals surface area (Å²) >= 11 is 0. The Morgan fingerprint density at radius 1 is 0.550 bits per heavy atom. The van der Waals surface area contributed by atoms with E-state index in [1.165, 1.54) is 9.36 Å². The third-order valence-electron chi connectivity index (χ3n) is 10.2. The quantitative estimate of drug-likeness (QED) is 0.203. The van der Waals surface area contributed by atoms with Crippen LogP contribution < -0.4 is 10.6 Å². The van der Waals surface area contributed by atoms with Gasteiger partial charge < -0.3 is 20.4 Å². The molecule has 2 N–H and O–H groups in total. The highest BCUT2D eigenvalue weighted by Crippen LogP contribution is 2.20. The molecule has 2 aromatic heterocycles. The molecule has 4 aliphatic rings. The van der Waals surface area contributed by atoms with Gasteiger partial charge in [0.25, 0.3) is 11.8 Å². The first-order valence-electron chi connectivity index (χ1n) is 19.7. The second-order valence-corrected chi connectivity index (χ2v) is 14.6. The topological polar surface area (TPSA) is 160 Å². The third-order valence-corrected chi connectivity index (χ3v) is 10.2. The predicted octanol–water partition coefficient (Wildman–Crippen LogP) is 5.04. The van der Waals surface area contributed by atoms with Gasteiger partial charge in [0.2, 0.25) is 11.8 Å². The molecule has 4 amide bonds. The summed E-state index contributed by atoms with van der Waals surface area (Å²) in [6.07, 6.45) is 7.35. The van der Waals surface area contributed by atoms with Crippen LogP contribution >= 0.6 is 0 Å². The van der Waals surface area contributed by atoms with Crippen LogP contribution in [0.4, 0.5) is 0 Å². The van der Waals surface area contributed by atoms with Crippen molar-refractivity contribution in [3.63, 3.8) is 0 Å². The number of nitrogens with one attached hydrogen (secondary N) is 2. The van der Waals surface area contributed by atoms with E-state index in [1.807, 2.05) is 84.9 Å². The van der Waals surface area contributed by atoms with E-state index in [1.54, 1.807) is 58.6 Å². The number of aromatic nitrogens is 6. The lowest BCUT2D eigenvalue weighted by Gasteiger charge is -2.22. The maximum absolute atomic E-state index is 13.9. The lowest BCUT2D eigenvalue weighted by molar-refractivity contribution is -0.125. The van der Waals surface area contributed by atoms with E-state index in [4.69, 9.17) is 0 Å². The summed E-state index contributed by atoms with van der Waals surface area (Å²) < 4.78 is 3.07. The molecule has 0 spiro atoms. The van der Waals surface area contributed by atoms with Crippen molar-refractivity contribution in [1.82, 2.24) is 50.4 Å². The van der Waals surface area contributed by atoms with Crippen LogP contribution in [-0.4, -0.2) is 76.5 Å². The molecule has 2 atom stereocenters. The Bertz CT molecular complexity index is 2260. The van der Waals surface area contributed by atoms with E-state index in [0.717, 1.165) is 22.3 Å². The average molecular weight is 803 g/mol. The highest BCUT2D eigenvalue weighted by molar-refractivity contribution is 5.98. The zero-order valence-electron chi connectivity index (χ0n) is 33.1. The number of benzene rings is 4. The summed E-state index contributed by atoms with van der Waals surface area (Å²) in [7, 11) is 0. The molecule has 14 heteroatoms. The van der Waals surface area contributed by atoms with Gasteiger partial charge in [0, 0.05) is 50.1 Å². The third kappa shape index (κ3) is 10.1. The van der Waals surface area contributed by atoms with E-state index in [2.05, 4.69) is 44.4 Å². The Balaban J connectivity index is 1.20. The van der Waals surface area contributed by atoms with Crippen LogP contribution in [0.1, 0.15) is 66.4 Å². The summed E-state index contributed by atoms with van der Waals surface area (Å²) in [5, 5.41) is 23.5. The van der Waals surface area contributed by atoms with E-state index in [-0.39, 0.29) is 62.9 Å². The number of rotatable bonds is 8. The van der Waals surface area contributed by atoms with Crippen molar-refractivity contribution in [2.24, 2.45) is 0 Å². The molecule has 0 saturated heterocycles. The SMILES string of the molecule is C=CCN1Cc2cn(nn2)[C@@H](Cc2ccccc2)C(=O)NCc2ccc(cc2)CNC(=O)[C@H](Cc2ccccc2)n2cc(nn2)CN(CC=C)C(=O)c2ccc(cc2)C1=O. The summed E-state index contributed by atoms with van der Waals surface area (Å²) in [5.74, 6) is -1.09. The maximum Gasteiger partial charge on any atom is 0.254 e. The fraction of sp³-hybridized carbons (Fsp3) is 0.217. The molecule has 4 aliphatic heterocycles. The van der Waals surface area contributed by atoms with Crippen molar-refractivity contribution < 1.29 is 19.2 Å². The van der Waals surface area contributed by atoms with Crippen LogP contribution in [0.15, 0.2) is 147 Å². The van der Waals surface area contributed by atoms with Gasteiger partial charge in [-0.05, 0) is 46.5 Å². The molecule has 0 unspecified atom stereocenters. The molecule has 0 aliphatic carbocycles. The Kier molecular flexibility index (Phi) is 13.1. The second kappa shape index (κ2) is 19.3. The molecule has 60 heavy (non-hydrogen) atoms. The van der Waals surface area contributed by atoms with Gasteiger partial charge in [-0.2, -0.15) is 0 Å². The Labute approximate surface area is 348 Å². The first kappa shape index (κ1) is 40.7. The highest BCUT2D eigenvalue weighted by atomic mass is 16.2. The molecular weight excluding hydrogens is 757 g/mol.